The highest BCUT2D eigenvalue weighted by Crippen LogP contribution is 2.78. The van der Waals surface area contributed by atoms with Crippen molar-refractivity contribution in [1.82, 2.24) is 4.90 Å². The number of hydrogen-bond donors (Lipinski definition) is 2. The van der Waals surface area contributed by atoms with Gasteiger partial charge in [-0.1, -0.05) is 88.4 Å². The number of methoxy groups -OCH3 is 1. The van der Waals surface area contributed by atoms with Crippen molar-refractivity contribution >= 4 is 28.4 Å². The van der Waals surface area contributed by atoms with E-state index in [2.05, 4.69) is 56.3 Å². The van der Waals surface area contributed by atoms with E-state index in [0.29, 0.717) is 43.4 Å². The number of ether oxygens (including phenoxy) is 2. The van der Waals surface area contributed by atoms with Crippen LogP contribution < -0.4 is 4.74 Å². The summed E-state index contributed by atoms with van der Waals surface area (Å²) >= 11 is 0. The molecule has 1 saturated heterocycles. The van der Waals surface area contributed by atoms with Crippen LogP contribution in [0.25, 0.3) is 10.8 Å². The third kappa shape index (κ3) is 4.71. The van der Waals surface area contributed by atoms with E-state index in [1.807, 2.05) is 68.1 Å². The van der Waals surface area contributed by atoms with Crippen molar-refractivity contribution in [3.63, 3.8) is 0 Å². The Hall–Kier alpha value is -4.27. The summed E-state index contributed by atoms with van der Waals surface area (Å²) in [7, 11) is 1.62. The Labute approximate surface area is 348 Å². The number of aliphatic hydroxyl groups excluding tert-OH is 1. The minimum Gasteiger partial charge on any atom is -0.497 e. The minimum atomic E-state index is -1.34. The van der Waals surface area contributed by atoms with Crippen LogP contribution in [-0.4, -0.2) is 63.7 Å². The highest BCUT2D eigenvalue weighted by molar-refractivity contribution is 6.10. The maximum atomic E-state index is 15.5. The number of nitrogens with zero attached hydrogens (tertiary/aromatic N) is 1. The summed E-state index contributed by atoms with van der Waals surface area (Å²) in [5, 5.41) is 26.8. The number of benzene rings is 3. The van der Waals surface area contributed by atoms with E-state index in [1.165, 1.54) is 0 Å². The first-order valence-corrected chi connectivity index (χ1v) is 22.0. The van der Waals surface area contributed by atoms with Crippen LogP contribution in [0.3, 0.4) is 0 Å². The fraction of sp³-hybridized carbons (Fsp3) is 0.549. The third-order valence-corrected chi connectivity index (χ3v) is 18.7. The molecule has 1 unspecified atom stereocenters. The topological polar surface area (TPSA) is 113 Å². The van der Waals surface area contributed by atoms with Gasteiger partial charge in [0.15, 0.2) is 11.4 Å². The SMILES string of the molecule is COc1ccc(C(=O)C2=C[C@@]34C=C[C@@]25[C@@H]2CC[C@@](O)(CN(Cc6cccc7ccccc67)C(=O)[C@@]67CC[C@@](C)(C(=O)O6)C7(C)C)[C@@]2(C)CC[C@@H]5[C@@]3(C)CCC(O)C4)cc1. The first-order chi connectivity index (χ1) is 27.9. The number of Topliss-reactive ketones (excluding diaryl/α,β-unsaturated/α-hetero) is 1. The average Bonchev–Trinajstić information content (AvgIpc) is 3.68. The molecule has 10 atom stereocenters. The Morgan fingerprint density at radius 2 is 1.53 bits per heavy atom. The van der Waals surface area contributed by atoms with Crippen molar-refractivity contribution in [2.75, 3.05) is 13.7 Å². The van der Waals surface area contributed by atoms with Gasteiger partial charge < -0.3 is 24.6 Å². The fourth-order valence-corrected chi connectivity index (χ4v) is 14.6. The van der Waals surface area contributed by atoms with Crippen LogP contribution in [0.15, 0.2) is 90.5 Å². The van der Waals surface area contributed by atoms with Crippen molar-refractivity contribution in [3.05, 3.63) is 102 Å². The van der Waals surface area contributed by atoms with Gasteiger partial charge in [0.1, 0.15) is 5.75 Å². The number of amides is 1. The summed E-state index contributed by atoms with van der Waals surface area (Å²) in [6, 6.07) is 21.7. The Kier molecular flexibility index (Phi) is 8.18. The van der Waals surface area contributed by atoms with Gasteiger partial charge in [-0.2, -0.15) is 0 Å². The summed E-state index contributed by atoms with van der Waals surface area (Å²) in [6.07, 6.45) is 12.4. The minimum absolute atomic E-state index is 0.00963. The van der Waals surface area contributed by atoms with Crippen molar-refractivity contribution in [3.8, 4) is 5.75 Å². The Bertz CT molecular complexity index is 2360. The van der Waals surface area contributed by atoms with Crippen LogP contribution >= 0.6 is 0 Å². The number of carbonyl (C=O) groups is 3. The van der Waals surface area contributed by atoms with Crippen LogP contribution in [0, 0.1) is 44.3 Å². The molecule has 8 heteroatoms. The zero-order chi connectivity index (χ0) is 41.6. The largest absolute Gasteiger partial charge is 0.497 e. The molecular formula is C51H59NO7. The van der Waals surface area contributed by atoms with Gasteiger partial charge in [0.05, 0.1) is 30.8 Å². The molecule has 8 aliphatic rings. The lowest BCUT2D eigenvalue weighted by Gasteiger charge is -2.71. The number of esters is 1. The first-order valence-electron chi connectivity index (χ1n) is 22.0. The molecule has 11 rings (SSSR count). The number of fused-ring (bicyclic) bond motifs is 4. The van der Waals surface area contributed by atoms with Gasteiger partial charge in [-0.15, -0.1) is 0 Å². The lowest BCUT2D eigenvalue weighted by atomic mass is 9.32. The van der Waals surface area contributed by atoms with Gasteiger partial charge in [0.2, 0.25) is 0 Å². The predicted molar refractivity (Wildman–Crippen MR) is 225 cm³/mol. The van der Waals surface area contributed by atoms with Crippen LogP contribution in [0.4, 0.5) is 0 Å². The Morgan fingerprint density at radius 1 is 0.831 bits per heavy atom. The molecule has 310 valence electrons. The molecule has 1 aliphatic heterocycles. The highest BCUT2D eigenvalue weighted by Gasteiger charge is 2.78. The van der Waals surface area contributed by atoms with Crippen molar-refractivity contribution in [2.45, 2.75) is 116 Å². The maximum Gasteiger partial charge on any atom is 0.313 e. The number of ketones is 1. The molecule has 1 amide bonds. The van der Waals surface area contributed by atoms with E-state index < -0.39 is 44.4 Å². The molecule has 5 fully saturated rings. The molecule has 3 aromatic rings. The summed E-state index contributed by atoms with van der Waals surface area (Å²) in [6.45, 7) is 10.9. The Morgan fingerprint density at radius 3 is 2.24 bits per heavy atom. The van der Waals surface area contributed by atoms with E-state index in [9.17, 15) is 15.0 Å². The molecular weight excluding hydrogens is 739 g/mol. The van der Waals surface area contributed by atoms with E-state index in [1.54, 1.807) is 7.11 Å². The van der Waals surface area contributed by atoms with Crippen LogP contribution in [0.5, 0.6) is 5.75 Å². The summed E-state index contributed by atoms with van der Waals surface area (Å²) in [5.41, 5.74) is -3.74. The van der Waals surface area contributed by atoms with Crippen LogP contribution in [-0.2, 0) is 20.9 Å². The number of allylic oxidation sites excluding steroid dienone is 4. The summed E-state index contributed by atoms with van der Waals surface area (Å²) in [4.78, 5) is 46.0. The number of rotatable bonds is 8. The lowest BCUT2D eigenvalue weighted by Crippen LogP contribution is -2.67. The van der Waals surface area contributed by atoms with Gasteiger partial charge in [0, 0.05) is 39.3 Å². The van der Waals surface area contributed by atoms with E-state index in [4.69, 9.17) is 9.47 Å². The summed E-state index contributed by atoms with van der Waals surface area (Å²) < 4.78 is 11.7. The summed E-state index contributed by atoms with van der Waals surface area (Å²) in [5.74, 6) is 0.166. The van der Waals surface area contributed by atoms with Gasteiger partial charge in [-0.05, 0) is 123 Å². The van der Waals surface area contributed by atoms with E-state index in [0.717, 1.165) is 47.6 Å². The second-order valence-electron chi connectivity index (χ2n) is 20.8. The van der Waals surface area contributed by atoms with Gasteiger partial charge in [-0.3, -0.25) is 14.4 Å². The van der Waals surface area contributed by atoms with Gasteiger partial charge >= 0.3 is 5.97 Å². The van der Waals surface area contributed by atoms with Crippen molar-refractivity contribution in [1.29, 1.82) is 0 Å². The molecule has 1 heterocycles. The number of aliphatic hydroxyl groups is 2. The molecule has 0 aromatic heterocycles. The molecule has 0 radical (unpaired) electrons. The second kappa shape index (κ2) is 12.4. The molecule has 3 aromatic carbocycles. The van der Waals surface area contributed by atoms with E-state index >= 15 is 9.59 Å². The zero-order valence-electron chi connectivity index (χ0n) is 35.5. The highest BCUT2D eigenvalue weighted by atomic mass is 16.6. The Balaban J connectivity index is 1.08. The van der Waals surface area contributed by atoms with Crippen LogP contribution in [0.1, 0.15) is 108 Å². The van der Waals surface area contributed by atoms with E-state index in [-0.39, 0.29) is 48.0 Å². The third-order valence-electron chi connectivity index (χ3n) is 18.7. The molecule has 59 heavy (non-hydrogen) atoms. The number of carbonyl (C=O) groups excluding carboxylic acids is 3. The maximum absolute atomic E-state index is 15.5. The monoisotopic (exact) mass is 797 g/mol. The zero-order valence-corrected chi connectivity index (χ0v) is 35.5. The van der Waals surface area contributed by atoms with Gasteiger partial charge in [0.25, 0.3) is 5.91 Å². The lowest BCUT2D eigenvalue weighted by molar-refractivity contribution is -0.187. The quantitative estimate of drug-likeness (QED) is 0.133. The van der Waals surface area contributed by atoms with Crippen molar-refractivity contribution in [2.24, 2.45) is 44.3 Å². The standard InChI is InChI=1S/C51H59NO7/c1-44(2)47(5)24-27-51(44,59-43(47)56)42(55)52(30-34-12-9-11-32-10-7-8-13-37(32)34)31-49(57)23-20-40-46(49,4)22-19-39-45(3)21-18-35(53)28-48(45)25-26-50(39,40)38(29-48)41(54)33-14-16-36(58-6)17-15-33/h7-17,25-26,29,35,39-40,53,57H,18-24,27-28,30-31H2,1-6H3/t35?,39-,40-,45-,46+,47+,48+,49-,50-,51-/m1/s1. The number of hydrogen-bond acceptors (Lipinski definition) is 7. The fourth-order valence-electron chi connectivity index (χ4n) is 14.6. The molecule has 8 nitrogen and oxygen atoms in total. The smallest absolute Gasteiger partial charge is 0.313 e. The second-order valence-corrected chi connectivity index (χ2v) is 20.8. The first kappa shape index (κ1) is 38.9. The van der Waals surface area contributed by atoms with Gasteiger partial charge in [-0.25, -0.2) is 0 Å². The molecule has 7 aliphatic carbocycles. The van der Waals surface area contributed by atoms with Crippen molar-refractivity contribution < 1.29 is 34.1 Å². The normalized spacial score (nSPS) is 40.8. The van der Waals surface area contributed by atoms with Crippen LogP contribution in [0.2, 0.25) is 0 Å². The molecule has 2 N–H and O–H groups in total. The molecule has 4 saturated carbocycles. The molecule has 2 spiro atoms. The predicted octanol–water partition coefficient (Wildman–Crippen LogP) is 8.77. The molecule has 4 bridgehead atoms. The average molecular weight is 798 g/mol.